The first-order valence-corrected chi connectivity index (χ1v) is 6.07. The van der Waals surface area contributed by atoms with Crippen LogP contribution in [0.5, 0.6) is 0 Å². The molecule has 88 valence electrons. The molecule has 0 heterocycles. The summed E-state index contributed by atoms with van der Waals surface area (Å²) in [5.74, 6) is -0.0569. The number of rotatable bonds is 4. The standard InChI is InChI=1S/C16H17F/c1-2-15(13-9-5-3-6-10-13)16(17)14-11-7-4-8-12-14/h3-12,15-16H,2H2,1H3/t15-,16+/m1/s1. The largest absolute Gasteiger partial charge is 0.242 e. The van der Waals surface area contributed by atoms with Crippen molar-refractivity contribution in [1.29, 1.82) is 0 Å². The average Bonchev–Trinajstić information content (AvgIpc) is 2.42. The van der Waals surface area contributed by atoms with Crippen LogP contribution < -0.4 is 0 Å². The third-order valence-electron chi connectivity index (χ3n) is 3.14. The topological polar surface area (TPSA) is 0 Å². The van der Waals surface area contributed by atoms with Gasteiger partial charge in [0, 0.05) is 5.92 Å². The van der Waals surface area contributed by atoms with E-state index in [1.165, 1.54) is 0 Å². The van der Waals surface area contributed by atoms with E-state index in [2.05, 4.69) is 0 Å². The van der Waals surface area contributed by atoms with E-state index in [1.54, 1.807) is 0 Å². The number of benzene rings is 2. The Kier molecular flexibility index (Phi) is 3.92. The van der Waals surface area contributed by atoms with E-state index in [-0.39, 0.29) is 5.92 Å². The summed E-state index contributed by atoms with van der Waals surface area (Å²) in [5.41, 5.74) is 1.84. The molecule has 2 atom stereocenters. The SMILES string of the molecule is CC[C@H](c1ccccc1)[C@@H](F)c1ccccc1. The van der Waals surface area contributed by atoms with E-state index in [0.717, 1.165) is 17.5 Å². The van der Waals surface area contributed by atoms with Gasteiger partial charge in [-0.3, -0.25) is 0 Å². The van der Waals surface area contributed by atoms with Crippen LogP contribution in [0.1, 0.15) is 36.6 Å². The predicted octanol–water partition coefficient (Wildman–Crippen LogP) is 4.89. The average molecular weight is 228 g/mol. The van der Waals surface area contributed by atoms with Crippen molar-refractivity contribution in [3.05, 3.63) is 71.8 Å². The summed E-state index contributed by atoms with van der Waals surface area (Å²) in [6, 6.07) is 19.3. The van der Waals surface area contributed by atoms with Gasteiger partial charge in [0.15, 0.2) is 0 Å². The van der Waals surface area contributed by atoms with Crippen LogP contribution >= 0.6 is 0 Å². The highest BCUT2D eigenvalue weighted by molar-refractivity contribution is 5.26. The zero-order valence-electron chi connectivity index (χ0n) is 10.0. The minimum absolute atomic E-state index is 0.0569. The second-order valence-corrected chi connectivity index (χ2v) is 4.24. The molecule has 0 fully saturated rings. The van der Waals surface area contributed by atoms with Gasteiger partial charge in [-0.05, 0) is 17.5 Å². The van der Waals surface area contributed by atoms with Gasteiger partial charge in [0.25, 0.3) is 0 Å². The molecule has 0 saturated heterocycles. The van der Waals surface area contributed by atoms with Crippen molar-refractivity contribution in [3.8, 4) is 0 Å². The summed E-state index contributed by atoms with van der Waals surface area (Å²) in [5, 5.41) is 0. The first kappa shape index (κ1) is 11.8. The van der Waals surface area contributed by atoms with Gasteiger partial charge in [0.1, 0.15) is 6.17 Å². The summed E-state index contributed by atoms with van der Waals surface area (Å²) in [6.45, 7) is 2.03. The van der Waals surface area contributed by atoms with Gasteiger partial charge in [-0.2, -0.15) is 0 Å². The molecular weight excluding hydrogens is 211 g/mol. The predicted molar refractivity (Wildman–Crippen MR) is 69.8 cm³/mol. The molecule has 0 radical (unpaired) electrons. The Balaban J connectivity index is 2.25. The Morgan fingerprint density at radius 3 is 1.76 bits per heavy atom. The molecule has 0 unspecified atom stereocenters. The Labute approximate surface area is 102 Å². The number of hydrogen-bond donors (Lipinski definition) is 0. The third kappa shape index (κ3) is 2.73. The molecular formula is C16H17F. The van der Waals surface area contributed by atoms with E-state index in [4.69, 9.17) is 0 Å². The van der Waals surface area contributed by atoms with E-state index >= 15 is 0 Å². The van der Waals surface area contributed by atoms with Gasteiger partial charge >= 0.3 is 0 Å². The summed E-state index contributed by atoms with van der Waals surface area (Å²) >= 11 is 0. The normalized spacial score (nSPS) is 14.2. The molecule has 0 spiro atoms. The molecule has 0 aliphatic heterocycles. The van der Waals surface area contributed by atoms with Crippen LogP contribution in [-0.2, 0) is 0 Å². The smallest absolute Gasteiger partial charge is 0.132 e. The van der Waals surface area contributed by atoms with Crippen molar-refractivity contribution in [2.75, 3.05) is 0 Å². The van der Waals surface area contributed by atoms with Gasteiger partial charge in [-0.1, -0.05) is 67.6 Å². The minimum Gasteiger partial charge on any atom is -0.242 e. The van der Waals surface area contributed by atoms with Gasteiger partial charge in [0.2, 0.25) is 0 Å². The van der Waals surface area contributed by atoms with E-state index in [9.17, 15) is 4.39 Å². The number of alkyl halides is 1. The second kappa shape index (κ2) is 5.62. The fourth-order valence-electron chi connectivity index (χ4n) is 2.18. The molecule has 0 N–H and O–H groups in total. The molecule has 2 rings (SSSR count). The Morgan fingerprint density at radius 2 is 1.29 bits per heavy atom. The van der Waals surface area contributed by atoms with Crippen LogP contribution in [0.3, 0.4) is 0 Å². The highest BCUT2D eigenvalue weighted by atomic mass is 19.1. The van der Waals surface area contributed by atoms with Crippen LogP contribution in [0.2, 0.25) is 0 Å². The quantitative estimate of drug-likeness (QED) is 0.698. The molecule has 0 saturated carbocycles. The maximum absolute atomic E-state index is 14.5. The van der Waals surface area contributed by atoms with Crippen LogP contribution in [-0.4, -0.2) is 0 Å². The lowest BCUT2D eigenvalue weighted by Gasteiger charge is -2.20. The Bertz CT molecular complexity index is 436. The molecule has 0 nitrogen and oxygen atoms in total. The molecule has 0 aliphatic rings. The van der Waals surface area contributed by atoms with Crippen molar-refractivity contribution in [2.24, 2.45) is 0 Å². The molecule has 0 amide bonds. The second-order valence-electron chi connectivity index (χ2n) is 4.24. The molecule has 2 aromatic carbocycles. The first-order chi connectivity index (χ1) is 8.33. The fourth-order valence-corrected chi connectivity index (χ4v) is 2.18. The van der Waals surface area contributed by atoms with Crippen molar-refractivity contribution >= 4 is 0 Å². The van der Waals surface area contributed by atoms with E-state index in [1.807, 2.05) is 67.6 Å². The van der Waals surface area contributed by atoms with Crippen molar-refractivity contribution in [2.45, 2.75) is 25.4 Å². The summed E-state index contributed by atoms with van der Waals surface area (Å²) in [6.07, 6.45) is -0.122. The third-order valence-corrected chi connectivity index (χ3v) is 3.14. The maximum Gasteiger partial charge on any atom is 0.132 e. The van der Waals surface area contributed by atoms with Gasteiger partial charge in [-0.15, -0.1) is 0 Å². The van der Waals surface area contributed by atoms with Crippen LogP contribution in [0.4, 0.5) is 4.39 Å². The molecule has 1 heteroatoms. The lowest BCUT2D eigenvalue weighted by Crippen LogP contribution is -2.06. The van der Waals surface area contributed by atoms with Gasteiger partial charge in [-0.25, -0.2) is 4.39 Å². The highest BCUT2D eigenvalue weighted by Crippen LogP contribution is 2.36. The molecule has 17 heavy (non-hydrogen) atoms. The van der Waals surface area contributed by atoms with Crippen LogP contribution in [0, 0.1) is 0 Å². The fraction of sp³-hybridized carbons (Fsp3) is 0.250. The summed E-state index contributed by atoms with van der Waals surface area (Å²) in [7, 11) is 0. The number of hydrogen-bond acceptors (Lipinski definition) is 0. The lowest BCUT2D eigenvalue weighted by molar-refractivity contribution is 0.282. The highest BCUT2D eigenvalue weighted by Gasteiger charge is 2.22. The Morgan fingerprint density at radius 1 is 0.824 bits per heavy atom. The Hall–Kier alpha value is -1.63. The minimum atomic E-state index is -0.927. The first-order valence-electron chi connectivity index (χ1n) is 6.07. The van der Waals surface area contributed by atoms with E-state index < -0.39 is 6.17 Å². The zero-order valence-corrected chi connectivity index (χ0v) is 10.0. The monoisotopic (exact) mass is 228 g/mol. The molecule has 0 aromatic heterocycles. The van der Waals surface area contributed by atoms with Crippen molar-refractivity contribution < 1.29 is 4.39 Å². The van der Waals surface area contributed by atoms with Crippen LogP contribution in [0.25, 0.3) is 0 Å². The summed E-state index contributed by atoms with van der Waals surface area (Å²) < 4.78 is 14.5. The van der Waals surface area contributed by atoms with Gasteiger partial charge < -0.3 is 0 Å². The van der Waals surface area contributed by atoms with Crippen molar-refractivity contribution in [1.82, 2.24) is 0 Å². The number of halogens is 1. The van der Waals surface area contributed by atoms with Gasteiger partial charge in [0.05, 0.1) is 0 Å². The lowest BCUT2D eigenvalue weighted by atomic mass is 9.88. The zero-order chi connectivity index (χ0) is 12.1. The van der Waals surface area contributed by atoms with Crippen LogP contribution in [0.15, 0.2) is 60.7 Å². The summed E-state index contributed by atoms with van der Waals surface area (Å²) in [4.78, 5) is 0. The molecule has 2 aromatic rings. The van der Waals surface area contributed by atoms with E-state index in [0.29, 0.717) is 0 Å². The molecule has 0 aliphatic carbocycles. The molecule has 0 bridgehead atoms. The van der Waals surface area contributed by atoms with Crippen molar-refractivity contribution in [3.63, 3.8) is 0 Å². The maximum atomic E-state index is 14.5.